The first-order valence-corrected chi connectivity index (χ1v) is 8.00. The molecule has 2 aromatic heterocycles. The van der Waals surface area contributed by atoms with Crippen LogP contribution in [0.2, 0.25) is 0 Å². The summed E-state index contributed by atoms with van der Waals surface area (Å²) in [5, 5.41) is 11.7. The second-order valence-corrected chi connectivity index (χ2v) is 5.78. The zero-order chi connectivity index (χ0) is 13.8. The third-order valence-electron chi connectivity index (χ3n) is 3.55. The van der Waals surface area contributed by atoms with Crippen molar-refractivity contribution in [2.75, 3.05) is 19.8 Å². The van der Waals surface area contributed by atoms with Crippen molar-refractivity contribution in [2.45, 2.75) is 31.7 Å². The van der Waals surface area contributed by atoms with E-state index in [4.69, 9.17) is 9.26 Å². The molecule has 0 aliphatic carbocycles. The molecule has 2 aromatic rings. The molecule has 0 saturated carbocycles. The molecule has 1 aliphatic heterocycles. The highest BCUT2D eigenvalue weighted by Crippen LogP contribution is 2.27. The number of aromatic nitrogens is 2. The van der Waals surface area contributed by atoms with Crippen molar-refractivity contribution in [2.24, 2.45) is 0 Å². The molecule has 0 aromatic carbocycles. The molecule has 3 heterocycles. The van der Waals surface area contributed by atoms with E-state index in [0.29, 0.717) is 24.4 Å². The van der Waals surface area contributed by atoms with Gasteiger partial charge in [-0.25, -0.2) is 0 Å². The minimum Gasteiger partial charge on any atom is -0.381 e. The predicted octanol–water partition coefficient (Wildman–Crippen LogP) is 2.67. The van der Waals surface area contributed by atoms with Gasteiger partial charge < -0.3 is 14.6 Å². The van der Waals surface area contributed by atoms with E-state index in [0.717, 1.165) is 31.6 Å². The molecule has 1 saturated heterocycles. The number of hydrogen-bond donors (Lipinski definition) is 1. The summed E-state index contributed by atoms with van der Waals surface area (Å²) in [6.07, 6.45) is 2.11. The maximum atomic E-state index is 5.58. The first-order chi connectivity index (χ1) is 9.88. The van der Waals surface area contributed by atoms with Crippen molar-refractivity contribution in [1.82, 2.24) is 15.5 Å². The molecule has 0 amide bonds. The molecule has 1 aliphatic rings. The Balaban J connectivity index is 1.76. The SMILES string of the molecule is CCCNC1CCOCC1c1nc(-c2ccsc2)no1. The molecular weight excluding hydrogens is 274 g/mol. The van der Waals surface area contributed by atoms with Crippen molar-refractivity contribution in [1.29, 1.82) is 0 Å². The van der Waals surface area contributed by atoms with Gasteiger partial charge in [0.2, 0.25) is 11.7 Å². The highest BCUT2D eigenvalue weighted by atomic mass is 32.1. The lowest BCUT2D eigenvalue weighted by atomic mass is 9.95. The van der Waals surface area contributed by atoms with Gasteiger partial charge in [-0.05, 0) is 30.8 Å². The number of hydrogen-bond acceptors (Lipinski definition) is 6. The maximum absolute atomic E-state index is 5.58. The minimum atomic E-state index is 0.148. The van der Waals surface area contributed by atoms with Crippen LogP contribution in [0.3, 0.4) is 0 Å². The van der Waals surface area contributed by atoms with Crippen LogP contribution in [-0.4, -0.2) is 35.9 Å². The fourth-order valence-electron chi connectivity index (χ4n) is 2.45. The number of nitrogens with one attached hydrogen (secondary N) is 1. The second-order valence-electron chi connectivity index (χ2n) is 5.00. The van der Waals surface area contributed by atoms with Crippen molar-refractivity contribution >= 4 is 11.3 Å². The summed E-state index contributed by atoms with van der Waals surface area (Å²) in [7, 11) is 0. The molecule has 0 radical (unpaired) electrons. The molecule has 20 heavy (non-hydrogen) atoms. The van der Waals surface area contributed by atoms with Crippen molar-refractivity contribution in [3.63, 3.8) is 0 Å². The highest BCUT2D eigenvalue weighted by molar-refractivity contribution is 7.08. The van der Waals surface area contributed by atoms with Gasteiger partial charge in [0, 0.05) is 23.6 Å². The number of nitrogens with zero attached hydrogens (tertiary/aromatic N) is 2. The van der Waals surface area contributed by atoms with Crippen LogP contribution >= 0.6 is 11.3 Å². The van der Waals surface area contributed by atoms with E-state index in [2.05, 4.69) is 22.4 Å². The third kappa shape index (κ3) is 2.92. The van der Waals surface area contributed by atoms with Crippen LogP contribution < -0.4 is 5.32 Å². The Hall–Kier alpha value is -1.24. The topological polar surface area (TPSA) is 60.2 Å². The zero-order valence-corrected chi connectivity index (χ0v) is 12.4. The van der Waals surface area contributed by atoms with E-state index in [-0.39, 0.29) is 5.92 Å². The van der Waals surface area contributed by atoms with E-state index >= 15 is 0 Å². The largest absolute Gasteiger partial charge is 0.381 e. The van der Waals surface area contributed by atoms with E-state index in [9.17, 15) is 0 Å². The fraction of sp³-hybridized carbons (Fsp3) is 0.571. The fourth-order valence-corrected chi connectivity index (χ4v) is 3.08. The van der Waals surface area contributed by atoms with Gasteiger partial charge in [-0.1, -0.05) is 12.1 Å². The lowest BCUT2D eigenvalue weighted by Gasteiger charge is -2.29. The Kier molecular flexibility index (Phi) is 4.44. The molecule has 0 bridgehead atoms. The van der Waals surface area contributed by atoms with Gasteiger partial charge in [-0.15, -0.1) is 0 Å². The Morgan fingerprint density at radius 2 is 2.45 bits per heavy atom. The van der Waals surface area contributed by atoms with E-state index in [1.54, 1.807) is 11.3 Å². The summed E-state index contributed by atoms with van der Waals surface area (Å²) in [6.45, 7) is 4.62. The average Bonchev–Trinajstić information content (AvgIpc) is 3.15. The zero-order valence-electron chi connectivity index (χ0n) is 11.5. The molecule has 0 spiro atoms. The molecule has 1 N–H and O–H groups in total. The van der Waals surface area contributed by atoms with E-state index in [1.807, 2.05) is 16.8 Å². The molecular formula is C14H19N3O2S. The summed E-state index contributed by atoms with van der Waals surface area (Å²) in [6, 6.07) is 2.36. The van der Waals surface area contributed by atoms with Gasteiger partial charge >= 0.3 is 0 Å². The Morgan fingerprint density at radius 1 is 1.50 bits per heavy atom. The van der Waals surface area contributed by atoms with Gasteiger partial charge in [0.15, 0.2) is 0 Å². The van der Waals surface area contributed by atoms with Crippen LogP contribution in [0.15, 0.2) is 21.3 Å². The first-order valence-electron chi connectivity index (χ1n) is 7.05. The van der Waals surface area contributed by atoms with Crippen molar-refractivity contribution < 1.29 is 9.26 Å². The molecule has 6 heteroatoms. The average molecular weight is 293 g/mol. The summed E-state index contributed by atoms with van der Waals surface area (Å²) in [5.41, 5.74) is 1.01. The Labute approximate surface area is 122 Å². The Bertz CT molecular complexity index is 526. The van der Waals surface area contributed by atoms with Gasteiger partial charge in [-0.2, -0.15) is 16.3 Å². The normalized spacial score (nSPS) is 23.1. The monoisotopic (exact) mass is 293 g/mol. The van der Waals surface area contributed by atoms with Crippen molar-refractivity contribution in [3.8, 4) is 11.4 Å². The highest BCUT2D eigenvalue weighted by Gasteiger charge is 2.31. The molecule has 108 valence electrons. The van der Waals surface area contributed by atoms with Crippen LogP contribution in [0.1, 0.15) is 31.6 Å². The van der Waals surface area contributed by atoms with E-state index in [1.165, 1.54) is 0 Å². The first kappa shape index (κ1) is 13.7. The molecule has 1 fully saturated rings. The van der Waals surface area contributed by atoms with Crippen LogP contribution in [0.4, 0.5) is 0 Å². The predicted molar refractivity (Wildman–Crippen MR) is 77.9 cm³/mol. The number of ether oxygens (including phenoxy) is 1. The molecule has 2 unspecified atom stereocenters. The van der Waals surface area contributed by atoms with Crippen LogP contribution in [0.5, 0.6) is 0 Å². The minimum absolute atomic E-state index is 0.148. The summed E-state index contributed by atoms with van der Waals surface area (Å²) in [4.78, 5) is 4.54. The lowest BCUT2D eigenvalue weighted by molar-refractivity contribution is 0.0498. The maximum Gasteiger partial charge on any atom is 0.233 e. The summed E-state index contributed by atoms with van der Waals surface area (Å²) >= 11 is 1.63. The number of thiophene rings is 1. The number of rotatable bonds is 5. The van der Waals surface area contributed by atoms with Crippen LogP contribution in [0, 0.1) is 0 Å². The third-order valence-corrected chi connectivity index (χ3v) is 4.23. The smallest absolute Gasteiger partial charge is 0.233 e. The Morgan fingerprint density at radius 3 is 3.25 bits per heavy atom. The quantitative estimate of drug-likeness (QED) is 0.918. The standard InChI is InChI=1S/C14H19N3O2S/c1-2-5-15-12-3-6-18-8-11(12)14-16-13(17-19-14)10-4-7-20-9-10/h4,7,9,11-12,15H,2-3,5-6,8H2,1H3. The van der Waals surface area contributed by atoms with Crippen LogP contribution in [-0.2, 0) is 4.74 Å². The molecule has 2 atom stereocenters. The molecule has 5 nitrogen and oxygen atoms in total. The summed E-state index contributed by atoms with van der Waals surface area (Å²) < 4.78 is 11.0. The van der Waals surface area contributed by atoms with Gasteiger partial charge in [0.25, 0.3) is 0 Å². The summed E-state index contributed by atoms with van der Waals surface area (Å²) in [5.74, 6) is 1.50. The van der Waals surface area contributed by atoms with Gasteiger partial charge in [-0.3, -0.25) is 0 Å². The molecule has 3 rings (SSSR count). The lowest BCUT2D eigenvalue weighted by Crippen LogP contribution is -2.41. The van der Waals surface area contributed by atoms with Gasteiger partial charge in [0.05, 0.1) is 12.5 Å². The van der Waals surface area contributed by atoms with E-state index < -0.39 is 0 Å². The van der Waals surface area contributed by atoms with Gasteiger partial charge in [0.1, 0.15) is 0 Å². The van der Waals surface area contributed by atoms with Crippen LogP contribution in [0.25, 0.3) is 11.4 Å². The second kappa shape index (κ2) is 6.47. The van der Waals surface area contributed by atoms with Crippen molar-refractivity contribution in [3.05, 3.63) is 22.7 Å².